The van der Waals surface area contributed by atoms with Crippen LogP contribution in [0.2, 0.25) is 0 Å². The van der Waals surface area contributed by atoms with Crippen molar-refractivity contribution in [1.29, 1.82) is 0 Å². The zero-order valence-corrected chi connectivity index (χ0v) is 10.2. The summed E-state index contributed by atoms with van der Waals surface area (Å²) < 4.78 is 0. The lowest BCUT2D eigenvalue weighted by Gasteiger charge is -2.23. The Hall–Kier alpha value is -1.35. The fourth-order valence-corrected chi connectivity index (χ4v) is 1.68. The smallest absolute Gasteiger partial charge is 0.243 e. The van der Waals surface area contributed by atoms with E-state index in [1.165, 1.54) is 0 Å². The molecule has 0 saturated carbocycles. The second-order valence-corrected chi connectivity index (χ2v) is 4.50. The molecule has 0 spiro atoms. The van der Waals surface area contributed by atoms with E-state index in [0.29, 0.717) is 5.92 Å². The first-order valence-corrected chi connectivity index (χ1v) is 5.58. The molecule has 0 saturated heterocycles. The maximum atomic E-state index is 12.0. The first-order valence-electron chi connectivity index (χ1n) is 5.58. The molecule has 1 amide bonds. The lowest BCUT2D eigenvalue weighted by atomic mass is 10.1. The Balaban J connectivity index is 2.67. The number of rotatable bonds is 4. The van der Waals surface area contributed by atoms with Gasteiger partial charge in [-0.1, -0.05) is 44.2 Å². The zero-order valence-electron chi connectivity index (χ0n) is 10.2. The molecule has 0 unspecified atom stereocenters. The van der Waals surface area contributed by atoms with E-state index in [0.717, 1.165) is 12.1 Å². The average molecular weight is 220 g/mol. The summed E-state index contributed by atoms with van der Waals surface area (Å²) in [7, 11) is 1.80. The number of hydrogen-bond donors (Lipinski definition) is 1. The van der Waals surface area contributed by atoms with Gasteiger partial charge < -0.3 is 10.6 Å². The molecule has 16 heavy (non-hydrogen) atoms. The minimum Gasteiger partial charge on any atom is -0.344 e. The number of hydrogen-bond acceptors (Lipinski definition) is 2. The van der Waals surface area contributed by atoms with Crippen LogP contribution >= 0.6 is 0 Å². The number of carbonyl (C=O) groups is 1. The average Bonchev–Trinajstić information content (AvgIpc) is 2.27. The topological polar surface area (TPSA) is 46.3 Å². The van der Waals surface area contributed by atoms with Crippen LogP contribution in [0.1, 0.15) is 25.5 Å². The van der Waals surface area contributed by atoms with Gasteiger partial charge in [0.2, 0.25) is 5.91 Å². The molecule has 0 radical (unpaired) electrons. The molecule has 0 fully saturated rings. The molecule has 1 aromatic rings. The summed E-state index contributed by atoms with van der Waals surface area (Å²) in [6.45, 7) is 4.90. The van der Waals surface area contributed by atoms with Crippen LogP contribution in [0.15, 0.2) is 30.3 Å². The third-order valence-electron chi connectivity index (χ3n) is 2.44. The normalized spacial score (nSPS) is 12.6. The maximum absolute atomic E-state index is 12.0. The number of nitrogens with zero attached hydrogens (tertiary/aromatic N) is 1. The van der Waals surface area contributed by atoms with Gasteiger partial charge in [-0.05, 0) is 11.5 Å². The molecular weight excluding hydrogens is 200 g/mol. The number of likely N-dealkylation sites (N-methyl/N-ethyl adjacent to an activating group) is 1. The lowest BCUT2D eigenvalue weighted by Crippen LogP contribution is -2.37. The van der Waals surface area contributed by atoms with Crippen molar-refractivity contribution >= 4 is 5.91 Å². The Morgan fingerprint density at radius 2 is 1.88 bits per heavy atom. The molecule has 2 N–H and O–H groups in total. The van der Waals surface area contributed by atoms with Crippen LogP contribution in [0.4, 0.5) is 0 Å². The Morgan fingerprint density at radius 1 is 1.31 bits per heavy atom. The van der Waals surface area contributed by atoms with Crippen molar-refractivity contribution in [3.63, 3.8) is 0 Å². The molecule has 1 aromatic carbocycles. The number of benzene rings is 1. The number of carbonyl (C=O) groups excluding carboxylic acids is 1. The standard InChI is InChI=1S/C13H20N2O/c1-10(2)9-15(3)13(16)12(14)11-7-5-4-6-8-11/h4-8,10,12H,9,14H2,1-3H3/t12-/m0/s1. The summed E-state index contributed by atoms with van der Waals surface area (Å²) in [6, 6.07) is 8.91. The monoisotopic (exact) mass is 220 g/mol. The molecule has 0 aliphatic carbocycles. The van der Waals surface area contributed by atoms with Crippen molar-refractivity contribution in [3.8, 4) is 0 Å². The SMILES string of the molecule is CC(C)CN(C)C(=O)[C@@H](N)c1ccccc1. The van der Waals surface area contributed by atoms with E-state index in [2.05, 4.69) is 13.8 Å². The van der Waals surface area contributed by atoms with Gasteiger partial charge in [0.05, 0.1) is 0 Å². The van der Waals surface area contributed by atoms with Crippen molar-refractivity contribution in [3.05, 3.63) is 35.9 Å². The van der Waals surface area contributed by atoms with E-state index in [1.807, 2.05) is 30.3 Å². The second-order valence-electron chi connectivity index (χ2n) is 4.50. The summed E-state index contributed by atoms with van der Waals surface area (Å²) >= 11 is 0. The van der Waals surface area contributed by atoms with Gasteiger partial charge in [0, 0.05) is 13.6 Å². The van der Waals surface area contributed by atoms with Crippen molar-refractivity contribution in [2.75, 3.05) is 13.6 Å². The lowest BCUT2D eigenvalue weighted by molar-refractivity contribution is -0.131. The highest BCUT2D eigenvalue weighted by Crippen LogP contribution is 2.12. The Labute approximate surface area is 97.2 Å². The van der Waals surface area contributed by atoms with Gasteiger partial charge in [-0.3, -0.25) is 4.79 Å². The molecule has 88 valence electrons. The van der Waals surface area contributed by atoms with Crippen molar-refractivity contribution in [1.82, 2.24) is 4.90 Å². The van der Waals surface area contributed by atoms with Crippen LogP contribution in [-0.2, 0) is 4.79 Å². The van der Waals surface area contributed by atoms with Crippen LogP contribution in [0.25, 0.3) is 0 Å². The Kier molecular flexibility index (Phi) is 4.50. The predicted octanol–water partition coefficient (Wildman–Crippen LogP) is 1.80. The minimum absolute atomic E-state index is 0.0279. The van der Waals surface area contributed by atoms with E-state index in [1.54, 1.807) is 11.9 Å². The summed E-state index contributed by atoms with van der Waals surface area (Å²) in [4.78, 5) is 13.7. The number of amides is 1. The Bertz CT molecular complexity index is 335. The molecular formula is C13H20N2O. The van der Waals surface area contributed by atoms with Gasteiger partial charge in [-0.2, -0.15) is 0 Å². The molecule has 0 bridgehead atoms. The molecule has 0 heterocycles. The van der Waals surface area contributed by atoms with Gasteiger partial charge in [-0.15, -0.1) is 0 Å². The maximum Gasteiger partial charge on any atom is 0.243 e. The van der Waals surface area contributed by atoms with E-state index < -0.39 is 6.04 Å². The fraction of sp³-hybridized carbons (Fsp3) is 0.462. The molecule has 0 aliphatic heterocycles. The quantitative estimate of drug-likeness (QED) is 0.841. The van der Waals surface area contributed by atoms with Crippen LogP contribution in [0, 0.1) is 5.92 Å². The van der Waals surface area contributed by atoms with Crippen molar-refractivity contribution in [2.24, 2.45) is 11.7 Å². The third kappa shape index (κ3) is 3.35. The molecule has 0 aromatic heterocycles. The third-order valence-corrected chi connectivity index (χ3v) is 2.44. The van der Waals surface area contributed by atoms with Gasteiger partial charge in [0.25, 0.3) is 0 Å². The van der Waals surface area contributed by atoms with Gasteiger partial charge in [0.15, 0.2) is 0 Å². The van der Waals surface area contributed by atoms with Crippen LogP contribution in [0.3, 0.4) is 0 Å². The van der Waals surface area contributed by atoms with Crippen LogP contribution < -0.4 is 5.73 Å². The zero-order chi connectivity index (χ0) is 12.1. The second kappa shape index (κ2) is 5.66. The first-order chi connectivity index (χ1) is 7.52. The van der Waals surface area contributed by atoms with E-state index >= 15 is 0 Å². The highest BCUT2D eigenvalue weighted by Gasteiger charge is 2.19. The van der Waals surface area contributed by atoms with E-state index in [9.17, 15) is 4.79 Å². The Morgan fingerprint density at radius 3 is 2.38 bits per heavy atom. The summed E-state index contributed by atoms with van der Waals surface area (Å²) in [5.74, 6) is 0.428. The summed E-state index contributed by atoms with van der Waals surface area (Å²) in [5.41, 5.74) is 6.79. The first kappa shape index (κ1) is 12.7. The van der Waals surface area contributed by atoms with Gasteiger partial charge >= 0.3 is 0 Å². The van der Waals surface area contributed by atoms with Crippen LogP contribution in [0.5, 0.6) is 0 Å². The molecule has 3 nitrogen and oxygen atoms in total. The fourth-order valence-electron chi connectivity index (χ4n) is 1.68. The van der Waals surface area contributed by atoms with Gasteiger partial charge in [0.1, 0.15) is 6.04 Å². The molecule has 1 atom stereocenters. The molecule has 1 rings (SSSR count). The highest BCUT2D eigenvalue weighted by atomic mass is 16.2. The largest absolute Gasteiger partial charge is 0.344 e. The molecule has 3 heteroatoms. The predicted molar refractivity (Wildman–Crippen MR) is 65.8 cm³/mol. The molecule has 0 aliphatic rings. The van der Waals surface area contributed by atoms with E-state index in [-0.39, 0.29) is 5.91 Å². The van der Waals surface area contributed by atoms with Crippen LogP contribution in [-0.4, -0.2) is 24.4 Å². The van der Waals surface area contributed by atoms with Crippen molar-refractivity contribution < 1.29 is 4.79 Å². The number of nitrogens with two attached hydrogens (primary N) is 1. The van der Waals surface area contributed by atoms with E-state index in [4.69, 9.17) is 5.73 Å². The highest BCUT2D eigenvalue weighted by molar-refractivity contribution is 5.82. The summed E-state index contributed by atoms with van der Waals surface area (Å²) in [5, 5.41) is 0. The minimum atomic E-state index is -0.551. The van der Waals surface area contributed by atoms with Gasteiger partial charge in [-0.25, -0.2) is 0 Å². The summed E-state index contributed by atoms with van der Waals surface area (Å²) in [6.07, 6.45) is 0. The van der Waals surface area contributed by atoms with Crippen molar-refractivity contribution in [2.45, 2.75) is 19.9 Å².